The molecule has 1 fully saturated rings. The van der Waals surface area contributed by atoms with E-state index >= 15 is 0 Å². The zero-order valence-electron chi connectivity index (χ0n) is 14.1. The molecule has 1 saturated carbocycles. The van der Waals surface area contributed by atoms with Crippen molar-refractivity contribution in [2.45, 2.75) is 89.2 Å². The number of rotatable bonds is 11. The average molecular weight is 325 g/mol. The molecular formula is C19H32O2S. The van der Waals surface area contributed by atoms with Crippen molar-refractivity contribution >= 4 is 17.7 Å². The van der Waals surface area contributed by atoms with Gasteiger partial charge in [-0.05, 0) is 37.9 Å². The largest absolute Gasteiger partial charge is 0.481 e. The van der Waals surface area contributed by atoms with Gasteiger partial charge in [0.25, 0.3) is 0 Å². The number of carbonyl (C=O) groups is 1. The molecule has 1 N–H and O–H groups in total. The van der Waals surface area contributed by atoms with Gasteiger partial charge in [0.2, 0.25) is 0 Å². The summed E-state index contributed by atoms with van der Waals surface area (Å²) < 4.78 is 0. The minimum Gasteiger partial charge on any atom is -0.481 e. The number of hydrogen-bond donors (Lipinski definition) is 1. The van der Waals surface area contributed by atoms with Crippen LogP contribution in [0.4, 0.5) is 0 Å². The lowest BCUT2D eigenvalue weighted by Gasteiger charge is -2.13. The second-order valence-corrected chi connectivity index (χ2v) is 7.63. The van der Waals surface area contributed by atoms with Gasteiger partial charge in [0.05, 0.1) is 0 Å². The lowest BCUT2D eigenvalue weighted by Crippen LogP contribution is -2.08. The summed E-state index contributed by atoms with van der Waals surface area (Å²) in [5.41, 5.74) is 0. The van der Waals surface area contributed by atoms with Crippen LogP contribution in [0.5, 0.6) is 0 Å². The van der Waals surface area contributed by atoms with Crippen LogP contribution in [0.25, 0.3) is 0 Å². The van der Waals surface area contributed by atoms with Crippen LogP contribution < -0.4 is 0 Å². The first-order chi connectivity index (χ1) is 10.7. The van der Waals surface area contributed by atoms with Crippen LogP contribution in [-0.4, -0.2) is 22.1 Å². The van der Waals surface area contributed by atoms with E-state index in [1.54, 1.807) is 0 Å². The Labute approximate surface area is 140 Å². The van der Waals surface area contributed by atoms with Crippen molar-refractivity contribution in [2.24, 2.45) is 5.92 Å². The Balaban J connectivity index is 2.09. The molecule has 0 unspecified atom stereocenters. The van der Waals surface area contributed by atoms with Crippen molar-refractivity contribution < 1.29 is 9.90 Å². The van der Waals surface area contributed by atoms with E-state index in [1.807, 2.05) is 0 Å². The lowest BCUT2D eigenvalue weighted by atomic mass is 10.1. The summed E-state index contributed by atoms with van der Waals surface area (Å²) in [6, 6.07) is 0. The minimum atomic E-state index is -0.669. The normalized spacial score (nSPS) is 20.6. The Morgan fingerprint density at radius 3 is 2.73 bits per heavy atom. The highest BCUT2D eigenvalue weighted by Gasteiger charge is 2.25. The maximum Gasteiger partial charge on any atom is 0.303 e. The predicted molar refractivity (Wildman–Crippen MR) is 96.2 cm³/mol. The summed E-state index contributed by atoms with van der Waals surface area (Å²) in [6.45, 7) is 2.24. The van der Waals surface area contributed by atoms with Gasteiger partial charge in [0, 0.05) is 24.0 Å². The van der Waals surface area contributed by atoms with Crippen molar-refractivity contribution in [1.29, 1.82) is 0 Å². The number of carboxylic acids is 1. The summed E-state index contributed by atoms with van der Waals surface area (Å²) in [4.78, 5) is 10.4. The molecule has 3 heteroatoms. The molecule has 2 nitrogen and oxygen atoms in total. The Hall–Kier alpha value is -0.620. The number of hydrogen-bond acceptors (Lipinski definition) is 2. The zero-order chi connectivity index (χ0) is 16.0. The van der Waals surface area contributed by atoms with Crippen LogP contribution in [0.1, 0.15) is 84.0 Å². The van der Waals surface area contributed by atoms with E-state index in [9.17, 15) is 4.79 Å². The molecule has 0 saturated heterocycles. The zero-order valence-corrected chi connectivity index (χ0v) is 14.9. The summed E-state index contributed by atoms with van der Waals surface area (Å²) in [5.74, 6) is 8.04. The summed E-state index contributed by atoms with van der Waals surface area (Å²) in [7, 11) is 0. The van der Waals surface area contributed by atoms with Gasteiger partial charge < -0.3 is 5.11 Å². The quantitative estimate of drug-likeness (QED) is 0.402. The molecular weight excluding hydrogens is 292 g/mol. The molecule has 2 atom stereocenters. The lowest BCUT2D eigenvalue weighted by molar-refractivity contribution is -0.137. The average Bonchev–Trinajstić information content (AvgIpc) is 2.93. The highest BCUT2D eigenvalue weighted by molar-refractivity contribution is 7.99. The molecule has 0 aliphatic heterocycles. The van der Waals surface area contributed by atoms with E-state index in [2.05, 4.69) is 30.5 Å². The van der Waals surface area contributed by atoms with Gasteiger partial charge in [-0.1, -0.05) is 44.9 Å². The highest BCUT2D eigenvalue weighted by Crippen LogP contribution is 2.35. The summed E-state index contributed by atoms with van der Waals surface area (Å²) in [5, 5.41) is 9.33. The molecule has 0 spiro atoms. The molecule has 0 aromatic carbocycles. The summed E-state index contributed by atoms with van der Waals surface area (Å²) in [6.07, 6.45) is 13.5. The van der Waals surface area contributed by atoms with Gasteiger partial charge in [0.1, 0.15) is 0 Å². The third-order valence-electron chi connectivity index (χ3n) is 4.26. The third kappa shape index (κ3) is 9.41. The number of aliphatic carboxylic acids is 1. The van der Waals surface area contributed by atoms with Crippen molar-refractivity contribution in [1.82, 2.24) is 0 Å². The Kier molecular flexibility index (Phi) is 11.4. The van der Waals surface area contributed by atoms with Gasteiger partial charge in [0.15, 0.2) is 0 Å². The molecule has 0 aromatic rings. The third-order valence-corrected chi connectivity index (χ3v) is 5.78. The van der Waals surface area contributed by atoms with Crippen molar-refractivity contribution in [3.8, 4) is 11.8 Å². The monoisotopic (exact) mass is 324 g/mol. The van der Waals surface area contributed by atoms with Crippen LogP contribution in [-0.2, 0) is 4.79 Å². The van der Waals surface area contributed by atoms with Crippen LogP contribution in [0.3, 0.4) is 0 Å². The number of thioether (sulfide) groups is 1. The highest BCUT2D eigenvalue weighted by atomic mass is 32.2. The van der Waals surface area contributed by atoms with Gasteiger partial charge in [-0.2, -0.15) is 11.8 Å². The predicted octanol–water partition coefficient (Wildman–Crippen LogP) is 5.51. The first-order valence-electron chi connectivity index (χ1n) is 9.05. The molecule has 0 heterocycles. The van der Waals surface area contributed by atoms with Crippen molar-refractivity contribution in [3.63, 3.8) is 0 Å². The second-order valence-electron chi connectivity index (χ2n) is 6.28. The van der Waals surface area contributed by atoms with Gasteiger partial charge >= 0.3 is 5.97 Å². The molecule has 0 aromatic heterocycles. The van der Waals surface area contributed by atoms with E-state index in [1.165, 1.54) is 50.7 Å². The van der Waals surface area contributed by atoms with Crippen molar-refractivity contribution in [3.05, 3.63) is 0 Å². The van der Waals surface area contributed by atoms with Gasteiger partial charge in [-0.25, -0.2) is 0 Å². The number of carboxylic acid groups (broad SMARTS) is 1. The van der Waals surface area contributed by atoms with E-state index in [0.29, 0.717) is 12.3 Å². The Bertz CT molecular complexity index is 356. The Morgan fingerprint density at radius 2 is 1.95 bits per heavy atom. The van der Waals surface area contributed by atoms with E-state index in [4.69, 9.17) is 5.11 Å². The molecule has 1 aliphatic carbocycles. The maximum atomic E-state index is 10.4. The first-order valence-corrected chi connectivity index (χ1v) is 10.1. The van der Waals surface area contributed by atoms with E-state index < -0.39 is 5.97 Å². The molecule has 126 valence electrons. The molecule has 0 bridgehead atoms. The molecule has 0 radical (unpaired) electrons. The van der Waals surface area contributed by atoms with Crippen LogP contribution in [0.2, 0.25) is 0 Å². The molecule has 0 amide bonds. The van der Waals surface area contributed by atoms with Crippen LogP contribution in [0.15, 0.2) is 0 Å². The molecule has 22 heavy (non-hydrogen) atoms. The second kappa shape index (κ2) is 12.9. The summed E-state index contributed by atoms with van der Waals surface area (Å²) >= 11 is 2.07. The standard InChI is InChI=1S/C19H32O2S/c1-2-3-4-5-6-8-12-17-13-11-14-18(17)22-16-10-7-9-15-19(20)21/h17-18H,2-7,9-11,13-16H2,1H3,(H,20,21)/t17-,18-/m0/s1. The van der Waals surface area contributed by atoms with E-state index in [0.717, 1.165) is 30.9 Å². The fourth-order valence-corrected chi connectivity index (χ4v) is 4.37. The first kappa shape index (κ1) is 19.4. The minimum absolute atomic E-state index is 0.320. The van der Waals surface area contributed by atoms with E-state index in [-0.39, 0.29) is 0 Å². The number of unbranched alkanes of at least 4 members (excludes halogenated alkanes) is 6. The fourth-order valence-electron chi connectivity index (χ4n) is 2.92. The topological polar surface area (TPSA) is 37.3 Å². The SMILES string of the molecule is CCCCCCC#C[C@H]1CCC[C@@H]1SCCCCCC(=O)O. The Morgan fingerprint density at radius 1 is 1.14 bits per heavy atom. The fraction of sp³-hybridized carbons (Fsp3) is 0.842. The molecule has 1 rings (SSSR count). The van der Waals surface area contributed by atoms with Crippen molar-refractivity contribution in [2.75, 3.05) is 5.75 Å². The smallest absolute Gasteiger partial charge is 0.303 e. The van der Waals surface area contributed by atoms with Gasteiger partial charge in [-0.15, -0.1) is 5.92 Å². The van der Waals surface area contributed by atoms with Crippen LogP contribution >= 0.6 is 11.8 Å². The van der Waals surface area contributed by atoms with Crippen LogP contribution in [0, 0.1) is 17.8 Å². The molecule has 1 aliphatic rings. The maximum absolute atomic E-state index is 10.4. The van der Waals surface area contributed by atoms with Gasteiger partial charge in [-0.3, -0.25) is 4.79 Å².